The van der Waals surface area contributed by atoms with Gasteiger partial charge in [-0.2, -0.15) is 0 Å². The van der Waals surface area contributed by atoms with Gasteiger partial charge in [-0.1, -0.05) is 12.1 Å². The number of nitrogens with two attached hydrogens (primary N) is 1. The van der Waals surface area contributed by atoms with Crippen molar-refractivity contribution in [2.24, 2.45) is 10.9 Å². The number of nitrogens with zero attached hydrogens (tertiary/aromatic N) is 1. The molecule has 0 aliphatic carbocycles. The zero-order valence-corrected chi connectivity index (χ0v) is 9.12. The summed E-state index contributed by atoms with van der Waals surface area (Å²) in [7, 11) is 0. The molecule has 0 bridgehead atoms. The quantitative estimate of drug-likeness (QED) is 0.216. The molecule has 0 aliphatic heterocycles. The van der Waals surface area contributed by atoms with Crippen LogP contribution in [0.25, 0.3) is 0 Å². The number of rotatable bonds is 6. The SMILES string of the molecule is CCC(CC(N)=NO)NC(C)(C)CO. The van der Waals surface area contributed by atoms with Crippen molar-refractivity contribution in [2.45, 2.75) is 45.2 Å². The molecule has 0 amide bonds. The fourth-order valence-electron chi connectivity index (χ4n) is 1.19. The molecule has 0 fully saturated rings. The Bertz CT molecular complexity index is 192. The van der Waals surface area contributed by atoms with Crippen molar-refractivity contribution >= 4 is 5.84 Å². The second-order valence-electron chi connectivity index (χ2n) is 4.09. The van der Waals surface area contributed by atoms with E-state index in [0.717, 1.165) is 6.42 Å². The number of aliphatic hydroxyl groups excluding tert-OH is 1. The Balaban J connectivity index is 4.16. The number of hydrogen-bond donors (Lipinski definition) is 4. The van der Waals surface area contributed by atoms with Gasteiger partial charge in [0.1, 0.15) is 5.84 Å². The predicted molar refractivity (Wildman–Crippen MR) is 56.4 cm³/mol. The highest BCUT2D eigenvalue weighted by molar-refractivity contribution is 5.80. The molecule has 5 heteroatoms. The van der Waals surface area contributed by atoms with Gasteiger partial charge in [0.2, 0.25) is 0 Å². The summed E-state index contributed by atoms with van der Waals surface area (Å²) in [4.78, 5) is 0. The molecule has 1 unspecified atom stereocenters. The van der Waals surface area contributed by atoms with Crippen LogP contribution in [0, 0.1) is 0 Å². The largest absolute Gasteiger partial charge is 0.409 e. The molecule has 0 heterocycles. The maximum Gasteiger partial charge on any atom is 0.140 e. The summed E-state index contributed by atoms with van der Waals surface area (Å²) in [6.07, 6.45) is 1.34. The Morgan fingerprint density at radius 3 is 2.50 bits per heavy atom. The molecular formula is C9H21N3O2. The van der Waals surface area contributed by atoms with Gasteiger partial charge in [0.05, 0.1) is 6.61 Å². The minimum Gasteiger partial charge on any atom is -0.409 e. The first-order chi connectivity index (χ1) is 6.45. The van der Waals surface area contributed by atoms with Gasteiger partial charge in [-0.3, -0.25) is 0 Å². The van der Waals surface area contributed by atoms with E-state index in [4.69, 9.17) is 16.0 Å². The van der Waals surface area contributed by atoms with Gasteiger partial charge in [-0.15, -0.1) is 0 Å². The third-order valence-corrected chi connectivity index (χ3v) is 2.07. The van der Waals surface area contributed by atoms with Crippen molar-refractivity contribution in [1.82, 2.24) is 5.32 Å². The Hall–Kier alpha value is -0.810. The second-order valence-corrected chi connectivity index (χ2v) is 4.09. The fourth-order valence-corrected chi connectivity index (χ4v) is 1.19. The lowest BCUT2D eigenvalue weighted by molar-refractivity contribution is 0.174. The van der Waals surface area contributed by atoms with Gasteiger partial charge >= 0.3 is 0 Å². The van der Waals surface area contributed by atoms with Crippen LogP contribution in [0.3, 0.4) is 0 Å². The van der Waals surface area contributed by atoms with Crippen LogP contribution in [-0.2, 0) is 0 Å². The first-order valence-electron chi connectivity index (χ1n) is 4.80. The monoisotopic (exact) mass is 203 g/mol. The lowest BCUT2D eigenvalue weighted by atomic mass is 10.0. The average Bonchev–Trinajstić information content (AvgIpc) is 2.16. The van der Waals surface area contributed by atoms with Crippen LogP contribution >= 0.6 is 0 Å². The van der Waals surface area contributed by atoms with Crippen molar-refractivity contribution in [2.75, 3.05) is 6.61 Å². The molecule has 0 rings (SSSR count). The van der Waals surface area contributed by atoms with Gasteiger partial charge in [-0.25, -0.2) is 0 Å². The number of nitrogens with one attached hydrogen (secondary N) is 1. The predicted octanol–water partition coefficient (Wildman–Crippen LogP) is 0.262. The molecule has 5 N–H and O–H groups in total. The van der Waals surface area contributed by atoms with E-state index in [-0.39, 0.29) is 24.0 Å². The molecule has 0 saturated carbocycles. The average molecular weight is 203 g/mol. The molecule has 5 nitrogen and oxygen atoms in total. The topological polar surface area (TPSA) is 90.9 Å². The zero-order chi connectivity index (χ0) is 11.2. The summed E-state index contributed by atoms with van der Waals surface area (Å²) in [5.41, 5.74) is 5.07. The van der Waals surface area contributed by atoms with Gasteiger partial charge in [0.15, 0.2) is 0 Å². The molecule has 84 valence electrons. The fraction of sp³-hybridized carbons (Fsp3) is 0.889. The zero-order valence-electron chi connectivity index (χ0n) is 9.12. The van der Waals surface area contributed by atoms with Gasteiger partial charge in [0, 0.05) is 18.0 Å². The molecule has 0 aromatic heterocycles. The maximum absolute atomic E-state index is 9.06. The summed E-state index contributed by atoms with van der Waals surface area (Å²) >= 11 is 0. The van der Waals surface area contributed by atoms with E-state index in [1.807, 2.05) is 20.8 Å². The first kappa shape index (κ1) is 13.2. The van der Waals surface area contributed by atoms with Gasteiger partial charge < -0.3 is 21.4 Å². The standard InChI is InChI=1S/C9H21N3O2/c1-4-7(5-8(10)12-14)11-9(2,3)6-13/h7,11,13-14H,4-6H2,1-3H3,(H2,10,12). The van der Waals surface area contributed by atoms with E-state index in [2.05, 4.69) is 10.5 Å². The maximum atomic E-state index is 9.06. The Labute approximate surface area is 85.0 Å². The van der Waals surface area contributed by atoms with E-state index in [1.54, 1.807) is 0 Å². The number of oxime groups is 1. The lowest BCUT2D eigenvalue weighted by Gasteiger charge is -2.29. The van der Waals surface area contributed by atoms with Gasteiger partial charge in [-0.05, 0) is 20.3 Å². The summed E-state index contributed by atoms with van der Waals surface area (Å²) in [6, 6.07) is 0.119. The van der Waals surface area contributed by atoms with Crippen LogP contribution in [-0.4, -0.2) is 34.3 Å². The highest BCUT2D eigenvalue weighted by Gasteiger charge is 2.20. The smallest absolute Gasteiger partial charge is 0.140 e. The Morgan fingerprint density at radius 2 is 2.14 bits per heavy atom. The van der Waals surface area contributed by atoms with Crippen LogP contribution in [0.4, 0.5) is 0 Å². The summed E-state index contributed by atoms with van der Waals surface area (Å²) < 4.78 is 0. The Kier molecular flexibility index (Phi) is 5.49. The normalized spacial score (nSPS) is 15.6. The summed E-state index contributed by atoms with van der Waals surface area (Å²) in [5, 5.41) is 23.6. The minimum absolute atomic E-state index is 0.0552. The van der Waals surface area contributed by atoms with Crippen LogP contribution < -0.4 is 11.1 Å². The van der Waals surface area contributed by atoms with Crippen LogP contribution in [0.5, 0.6) is 0 Å². The van der Waals surface area contributed by atoms with Crippen LogP contribution in [0.1, 0.15) is 33.6 Å². The van der Waals surface area contributed by atoms with E-state index < -0.39 is 0 Å². The first-order valence-corrected chi connectivity index (χ1v) is 4.80. The van der Waals surface area contributed by atoms with E-state index in [1.165, 1.54) is 0 Å². The highest BCUT2D eigenvalue weighted by Crippen LogP contribution is 2.07. The second kappa shape index (κ2) is 5.82. The third kappa shape index (κ3) is 5.04. The molecule has 0 aromatic rings. The van der Waals surface area contributed by atoms with Crippen LogP contribution in [0.15, 0.2) is 5.16 Å². The molecule has 1 atom stereocenters. The molecule has 0 radical (unpaired) electrons. The molecular weight excluding hydrogens is 182 g/mol. The van der Waals surface area contributed by atoms with Gasteiger partial charge in [0.25, 0.3) is 0 Å². The number of amidine groups is 1. The minimum atomic E-state index is -0.337. The van der Waals surface area contributed by atoms with E-state index >= 15 is 0 Å². The Morgan fingerprint density at radius 1 is 1.57 bits per heavy atom. The van der Waals surface area contributed by atoms with Crippen molar-refractivity contribution < 1.29 is 10.3 Å². The molecule has 0 saturated heterocycles. The van der Waals surface area contributed by atoms with Crippen molar-refractivity contribution in [1.29, 1.82) is 0 Å². The molecule has 0 spiro atoms. The van der Waals surface area contributed by atoms with E-state index in [9.17, 15) is 0 Å². The van der Waals surface area contributed by atoms with Crippen molar-refractivity contribution in [3.05, 3.63) is 0 Å². The summed E-state index contributed by atoms with van der Waals surface area (Å²) in [6.45, 7) is 5.87. The molecule has 0 aromatic carbocycles. The molecule has 0 aliphatic rings. The van der Waals surface area contributed by atoms with Crippen molar-refractivity contribution in [3.8, 4) is 0 Å². The number of hydrogen-bond acceptors (Lipinski definition) is 4. The molecule has 14 heavy (non-hydrogen) atoms. The van der Waals surface area contributed by atoms with Crippen molar-refractivity contribution in [3.63, 3.8) is 0 Å². The summed E-state index contributed by atoms with van der Waals surface area (Å²) in [5.74, 6) is 0.207. The van der Waals surface area contributed by atoms with Crippen LogP contribution in [0.2, 0.25) is 0 Å². The number of aliphatic hydroxyl groups is 1. The lowest BCUT2D eigenvalue weighted by Crippen LogP contribution is -2.49. The third-order valence-electron chi connectivity index (χ3n) is 2.07. The highest BCUT2D eigenvalue weighted by atomic mass is 16.4. The van der Waals surface area contributed by atoms with E-state index in [0.29, 0.717) is 6.42 Å².